The molecule has 5 nitrogen and oxygen atoms in total. The molecule has 2 atom stereocenters. The molecule has 0 saturated carbocycles. The van der Waals surface area contributed by atoms with E-state index >= 15 is 0 Å². The third kappa shape index (κ3) is 3.33. The fourth-order valence-electron chi connectivity index (χ4n) is 2.30. The number of fused-ring (bicyclic) bond motifs is 1. The number of halogens is 2. The maximum absolute atomic E-state index is 13.2. The smallest absolute Gasteiger partial charge is 0.220 e. The molecule has 0 N–H and O–H groups in total. The topological polar surface area (TPSA) is 76.1 Å². The molecule has 0 unspecified atom stereocenters. The van der Waals surface area contributed by atoms with Crippen LogP contribution in [0.15, 0.2) is 46.9 Å². The number of ether oxygens (including phenoxy) is 1. The van der Waals surface area contributed by atoms with Crippen molar-refractivity contribution in [3.63, 3.8) is 0 Å². The van der Waals surface area contributed by atoms with Gasteiger partial charge in [-0.05, 0) is 31.2 Å². The Morgan fingerprint density at radius 3 is 2.68 bits per heavy atom. The molecular formula is C18H12F2N2O3. The number of oxazole rings is 1. The summed E-state index contributed by atoms with van der Waals surface area (Å²) in [5.41, 5.74) is 0.986. The lowest BCUT2D eigenvalue weighted by Crippen LogP contribution is -2.29. The Kier molecular flexibility index (Phi) is 4.44. The van der Waals surface area contributed by atoms with Crippen molar-refractivity contribution in [3.05, 3.63) is 60.0 Å². The molecule has 0 radical (unpaired) electrons. The molecule has 0 spiro atoms. The SMILES string of the molecule is C[C@@H](Oc1ccc(F)c(F)c1)C(=O)[C@H](C#N)c1nc2ccccc2o1. The van der Waals surface area contributed by atoms with E-state index in [9.17, 15) is 18.8 Å². The number of nitrogens with zero attached hydrogens (tertiary/aromatic N) is 2. The van der Waals surface area contributed by atoms with Crippen LogP contribution in [0.4, 0.5) is 8.78 Å². The number of rotatable bonds is 5. The normalized spacial score (nSPS) is 13.2. The quantitative estimate of drug-likeness (QED) is 0.706. The fraction of sp³-hybridized carbons (Fsp3) is 0.167. The number of aromatic nitrogens is 1. The van der Waals surface area contributed by atoms with Gasteiger partial charge in [-0.1, -0.05) is 12.1 Å². The first kappa shape index (κ1) is 16.6. The monoisotopic (exact) mass is 342 g/mol. The van der Waals surface area contributed by atoms with Crippen LogP contribution in [0.25, 0.3) is 11.1 Å². The van der Waals surface area contributed by atoms with Crippen LogP contribution in [0.5, 0.6) is 5.75 Å². The minimum Gasteiger partial charge on any atom is -0.483 e. The van der Waals surface area contributed by atoms with Crippen LogP contribution in [-0.2, 0) is 4.79 Å². The number of nitriles is 1. The Hall–Kier alpha value is -3.27. The van der Waals surface area contributed by atoms with Gasteiger partial charge in [0.05, 0.1) is 6.07 Å². The number of benzene rings is 2. The summed E-state index contributed by atoms with van der Waals surface area (Å²) in [7, 11) is 0. The molecule has 0 bridgehead atoms. The molecule has 2 aromatic carbocycles. The van der Waals surface area contributed by atoms with E-state index in [2.05, 4.69) is 4.98 Å². The van der Waals surface area contributed by atoms with Gasteiger partial charge in [0.25, 0.3) is 0 Å². The number of hydrogen-bond donors (Lipinski definition) is 0. The molecule has 3 rings (SSSR count). The van der Waals surface area contributed by atoms with Gasteiger partial charge >= 0.3 is 0 Å². The predicted molar refractivity (Wildman–Crippen MR) is 83.8 cm³/mol. The Morgan fingerprint density at radius 2 is 2.00 bits per heavy atom. The second-order valence-corrected chi connectivity index (χ2v) is 5.32. The van der Waals surface area contributed by atoms with E-state index in [1.54, 1.807) is 24.3 Å². The fourth-order valence-corrected chi connectivity index (χ4v) is 2.30. The van der Waals surface area contributed by atoms with E-state index in [1.165, 1.54) is 13.0 Å². The van der Waals surface area contributed by atoms with Crippen LogP contribution in [0.2, 0.25) is 0 Å². The number of carbonyl (C=O) groups excluding carboxylic acids is 1. The summed E-state index contributed by atoms with van der Waals surface area (Å²) in [4.78, 5) is 16.6. The first-order chi connectivity index (χ1) is 12.0. The van der Waals surface area contributed by atoms with E-state index in [1.807, 2.05) is 6.07 Å². The molecule has 126 valence electrons. The predicted octanol–water partition coefficient (Wildman–Crippen LogP) is 3.75. The molecule has 25 heavy (non-hydrogen) atoms. The third-order valence-corrected chi connectivity index (χ3v) is 3.58. The molecule has 1 aromatic heterocycles. The number of hydrogen-bond acceptors (Lipinski definition) is 5. The van der Waals surface area contributed by atoms with Gasteiger partial charge in [-0.2, -0.15) is 5.26 Å². The molecule has 1 heterocycles. The Balaban J connectivity index is 1.81. The van der Waals surface area contributed by atoms with Crippen molar-refractivity contribution in [3.8, 4) is 11.8 Å². The first-order valence-electron chi connectivity index (χ1n) is 7.40. The number of carbonyl (C=O) groups is 1. The van der Waals surface area contributed by atoms with Crippen molar-refractivity contribution in [2.75, 3.05) is 0 Å². The van der Waals surface area contributed by atoms with Gasteiger partial charge in [0.2, 0.25) is 5.89 Å². The van der Waals surface area contributed by atoms with Crippen LogP contribution in [-0.4, -0.2) is 16.9 Å². The van der Waals surface area contributed by atoms with Crippen LogP contribution >= 0.6 is 0 Å². The van der Waals surface area contributed by atoms with Crippen LogP contribution in [0.3, 0.4) is 0 Å². The second-order valence-electron chi connectivity index (χ2n) is 5.32. The zero-order valence-electron chi connectivity index (χ0n) is 13.1. The van der Waals surface area contributed by atoms with Gasteiger partial charge in [-0.3, -0.25) is 4.79 Å². The minimum atomic E-state index is -1.27. The Morgan fingerprint density at radius 1 is 1.24 bits per heavy atom. The summed E-state index contributed by atoms with van der Waals surface area (Å²) in [5, 5.41) is 9.33. The van der Waals surface area contributed by atoms with E-state index in [4.69, 9.17) is 9.15 Å². The summed E-state index contributed by atoms with van der Waals surface area (Å²) in [6.45, 7) is 1.41. The lowest BCUT2D eigenvalue weighted by Gasteiger charge is -2.15. The maximum atomic E-state index is 13.2. The molecule has 7 heteroatoms. The average molecular weight is 342 g/mol. The molecule has 0 aliphatic rings. The van der Waals surface area contributed by atoms with Crippen LogP contribution in [0, 0.1) is 23.0 Å². The first-order valence-corrected chi connectivity index (χ1v) is 7.40. The highest BCUT2D eigenvalue weighted by Gasteiger charge is 2.31. The molecule has 0 fully saturated rings. The van der Waals surface area contributed by atoms with Gasteiger partial charge in [-0.25, -0.2) is 13.8 Å². The van der Waals surface area contributed by atoms with E-state index < -0.39 is 29.4 Å². The lowest BCUT2D eigenvalue weighted by atomic mass is 10.0. The Labute approximate surface area is 141 Å². The second kappa shape index (κ2) is 6.69. The van der Waals surface area contributed by atoms with Gasteiger partial charge in [-0.15, -0.1) is 0 Å². The molecular weight excluding hydrogens is 330 g/mol. The number of para-hydroxylation sites is 2. The van der Waals surface area contributed by atoms with Gasteiger partial charge in [0, 0.05) is 6.07 Å². The third-order valence-electron chi connectivity index (χ3n) is 3.58. The summed E-state index contributed by atoms with van der Waals surface area (Å²) < 4.78 is 36.9. The summed E-state index contributed by atoms with van der Waals surface area (Å²) in [5.74, 6) is -4.03. The highest BCUT2D eigenvalue weighted by molar-refractivity contribution is 5.91. The van der Waals surface area contributed by atoms with Crippen molar-refractivity contribution in [1.29, 1.82) is 5.26 Å². The van der Waals surface area contributed by atoms with Crippen molar-refractivity contribution in [1.82, 2.24) is 4.98 Å². The minimum absolute atomic E-state index is 0.0194. The van der Waals surface area contributed by atoms with Crippen LogP contribution in [0.1, 0.15) is 18.7 Å². The van der Waals surface area contributed by atoms with Crippen molar-refractivity contribution < 1.29 is 22.7 Å². The highest BCUT2D eigenvalue weighted by Crippen LogP contribution is 2.24. The molecule has 0 amide bonds. The van der Waals surface area contributed by atoms with E-state index in [0.717, 1.165) is 12.1 Å². The number of ketones is 1. The van der Waals surface area contributed by atoms with Crippen molar-refractivity contribution >= 4 is 16.9 Å². The van der Waals surface area contributed by atoms with E-state index in [-0.39, 0.29) is 11.6 Å². The van der Waals surface area contributed by atoms with Gasteiger partial charge < -0.3 is 9.15 Å². The number of Topliss-reactive ketones (excluding diaryl/α,β-unsaturated/α-hetero) is 1. The molecule has 0 saturated heterocycles. The summed E-state index contributed by atoms with van der Waals surface area (Å²) >= 11 is 0. The van der Waals surface area contributed by atoms with Crippen molar-refractivity contribution in [2.24, 2.45) is 0 Å². The van der Waals surface area contributed by atoms with Crippen LogP contribution < -0.4 is 4.74 Å². The maximum Gasteiger partial charge on any atom is 0.220 e. The van der Waals surface area contributed by atoms with E-state index in [0.29, 0.717) is 11.1 Å². The standard InChI is InChI=1S/C18H12F2N2O3/c1-10(24-11-6-7-13(19)14(20)8-11)17(23)12(9-21)18-22-15-4-2-3-5-16(15)25-18/h2-8,10,12H,1H3/t10-,12+/m1/s1. The zero-order chi connectivity index (χ0) is 18.0. The van der Waals surface area contributed by atoms with Gasteiger partial charge in [0.1, 0.15) is 11.3 Å². The summed E-state index contributed by atoms with van der Waals surface area (Å²) in [6.07, 6.45) is -1.08. The van der Waals surface area contributed by atoms with Crippen molar-refractivity contribution in [2.45, 2.75) is 18.9 Å². The Bertz CT molecular complexity index is 945. The molecule has 0 aliphatic carbocycles. The highest BCUT2D eigenvalue weighted by atomic mass is 19.2. The largest absolute Gasteiger partial charge is 0.483 e. The van der Waals surface area contributed by atoms with Gasteiger partial charge in [0.15, 0.2) is 35.0 Å². The average Bonchev–Trinajstić information content (AvgIpc) is 3.02. The zero-order valence-corrected chi connectivity index (χ0v) is 13.1. The summed E-state index contributed by atoms with van der Waals surface area (Å²) in [6, 6.07) is 11.6. The molecule has 3 aromatic rings. The lowest BCUT2D eigenvalue weighted by molar-refractivity contribution is -0.125. The molecule has 0 aliphatic heterocycles.